The zero-order valence-electron chi connectivity index (χ0n) is 7.81. The van der Waals surface area contributed by atoms with Crippen LogP contribution in [0.1, 0.15) is 0 Å². The standard InChI is InChI=1S/C8H10N2O4/c1-13-8-5-6(9-14-2)3-4-7(8)10(11)12/h3-5,9H,1-2H3. The van der Waals surface area contributed by atoms with Crippen LogP contribution >= 0.6 is 0 Å². The Morgan fingerprint density at radius 3 is 2.64 bits per heavy atom. The Bertz CT molecular complexity index is 340. The first-order chi connectivity index (χ1) is 6.69. The molecule has 14 heavy (non-hydrogen) atoms. The van der Waals surface area contributed by atoms with Crippen molar-refractivity contribution < 1.29 is 14.5 Å². The van der Waals surface area contributed by atoms with Crippen molar-refractivity contribution in [3.63, 3.8) is 0 Å². The molecule has 0 bridgehead atoms. The number of rotatable bonds is 4. The molecule has 0 amide bonds. The zero-order chi connectivity index (χ0) is 10.6. The lowest BCUT2D eigenvalue weighted by Gasteiger charge is -2.05. The van der Waals surface area contributed by atoms with Gasteiger partial charge in [0.05, 0.1) is 24.8 Å². The van der Waals surface area contributed by atoms with E-state index in [1.165, 1.54) is 32.4 Å². The van der Waals surface area contributed by atoms with E-state index in [2.05, 4.69) is 10.3 Å². The molecule has 0 heterocycles. The first-order valence-electron chi connectivity index (χ1n) is 3.80. The van der Waals surface area contributed by atoms with Gasteiger partial charge in [0.15, 0.2) is 5.75 Å². The summed E-state index contributed by atoms with van der Waals surface area (Å²) >= 11 is 0. The number of nitro benzene ring substituents is 1. The number of nitro groups is 1. The van der Waals surface area contributed by atoms with E-state index in [4.69, 9.17) is 4.74 Å². The summed E-state index contributed by atoms with van der Waals surface area (Å²) in [6, 6.07) is 4.37. The number of hydrogen-bond donors (Lipinski definition) is 1. The van der Waals surface area contributed by atoms with Crippen LogP contribution in [0.3, 0.4) is 0 Å². The summed E-state index contributed by atoms with van der Waals surface area (Å²) < 4.78 is 4.86. The van der Waals surface area contributed by atoms with Crippen molar-refractivity contribution in [3.05, 3.63) is 28.3 Å². The summed E-state index contributed by atoms with van der Waals surface area (Å²) in [6.07, 6.45) is 0. The van der Waals surface area contributed by atoms with E-state index < -0.39 is 4.92 Å². The average Bonchev–Trinajstić information content (AvgIpc) is 2.17. The molecule has 0 fully saturated rings. The lowest BCUT2D eigenvalue weighted by atomic mass is 10.2. The van der Waals surface area contributed by atoms with Gasteiger partial charge < -0.3 is 4.74 Å². The van der Waals surface area contributed by atoms with Gasteiger partial charge in [0, 0.05) is 12.1 Å². The summed E-state index contributed by atoms with van der Waals surface area (Å²) in [5, 5.41) is 10.5. The molecule has 76 valence electrons. The third-order valence-corrected chi connectivity index (χ3v) is 1.60. The normalized spacial score (nSPS) is 9.57. The topological polar surface area (TPSA) is 73.6 Å². The molecule has 1 rings (SSSR count). The number of hydrogen-bond acceptors (Lipinski definition) is 5. The smallest absolute Gasteiger partial charge is 0.311 e. The lowest BCUT2D eigenvalue weighted by Crippen LogP contribution is -1.98. The van der Waals surface area contributed by atoms with Crippen LogP contribution in [-0.4, -0.2) is 19.1 Å². The third kappa shape index (κ3) is 2.11. The van der Waals surface area contributed by atoms with Crippen LogP contribution in [0.4, 0.5) is 11.4 Å². The highest BCUT2D eigenvalue weighted by Crippen LogP contribution is 2.29. The van der Waals surface area contributed by atoms with Crippen LogP contribution in [0.2, 0.25) is 0 Å². The van der Waals surface area contributed by atoms with E-state index in [1.807, 2.05) is 0 Å². The molecule has 0 aliphatic rings. The summed E-state index contributed by atoms with van der Waals surface area (Å²) in [7, 11) is 2.83. The van der Waals surface area contributed by atoms with Gasteiger partial charge in [0.25, 0.3) is 0 Å². The summed E-state index contributed by atoms with van der Waals surface area (Å²) in [5.74, 6) is 0.192. The van der Waals surface area contributed by atoms with Crippen molar-refractivity contribution in [1.29, 1.82) is 0 Å². The van der Waals surface area contributed by atoms with Gasteiger partial charge in [-0.3, -0.25) is 20.4 Å². The predicted octanol–water partition coefficient (Wildman–Crippen LogP) is 1.58. The molecule has 0 atom stereocenters. The third-order valence-electron chi connectivity index (χ3n) is 1.60. The van der Waals surface area contributed by atoms with Crippen molar-refractivity contribution in [2.45, 2.75) is 0 Å². The molecule has 0 unspecified atom stereocenters. The zero-order valence-corrected chi connectivity index (χ0v) is 7.81. The van der Waals surface area contributed by atoms with E-state index >= 15 is 0 Å². The van der Waals surface area contributed by atoms with Crippen LogP contribution in [0.25, 0.3) is 0 Å². The summed E-state index contributed by atoms with van der Waals surface area (Å²) in [4.78, 5) is 14.7. The maximum atomic E-state index is 10.5. The van der Waals surface area contributed by atoms with Crippen LogP contribution in [0, 0.1) is 10.1 Å². The van der Waals surface area contributed by atoms with Crippen LogP contribution < -0.4 is 10.2 Å². The molecule has 0 aliphatic carbocycles. The lowest BCUT2D eigenvalue weighted by molar-refractivity contribution is -0.385. The molecule has 6 nitrogen and oxygen atoms in total. The Hall–Kier alpha value is -1.82. The Labute approximate surface area is 80.5 Å². The molecule has 0 saturated carbocycles. The van der Waals surface area contributed by atoms with Gasteiger partial charge in [0.1, 0.15) is 0 Å². The average molecular weight is 198 g/mol. The molecule has 0 saturated heterocycles. The van der Waals surface area contributed by atoms with E-state index in [0.29, 0.717) is 5.69 Å². The van der Waals surface area contributed by atoms with Crippen LogP contribution in [0.5, 0.6) is 5.75 Å². The van der Waals surface area contributed by atoms with Crippen molar-refractivity contribution >= 4 is 11.4 Å². The summed E-state index contributed by atoms with van der Waals surface area (Å²) in [5.41, 5.74) is 3.06. The van der Waals surface area contributed by atoms with E-state index in [1.54, 1.807) is 0 Å². The Kier molecular flexibility index (Phi) is 3.24. The van der Waals surface area contributed by atoms with Gasteiger partial charge in [-0.1, -0.05) is 0 Å². The molecule has 0 spiro atoms. The highest BCUT2D eigenvalue weighted by molar-refractivity contribution is 5.57. The fraction of sp³-hybridized carbons (Fsp3) is 0.250. The van der Waals surface area contributed by atoms with Gasteiger partial charge in [-0.2, -0.15) is 0 Å². The Morgan fingerprint density at radius 2 is 2.14 bits per heavy atom. The van der Waals surface area contributed by atoms with Crippen LogP contribution in [0.15, 0.2) is 18.2 Å². The van der Waals surface area contributed by atoms with Gasteiger partial charge >= 0.3 is 5.69 Å². The fourth-order valence-electron chi connectivity index (χ4n) is 1.01. The van der Waals surface area contributed by atoms with E-state index in [9.17, 15) is 10.1 Å². The highest BCUT2D eigenvalue weighted by atomic mass is 16.6. The fourth-order valence-corrected chi connectivity index (χ4v) is 1.01. The molecular weight excluding hydrogens is 188 g/mol. The maximum Gasteiger partial charge on any atom is 0.311 e. The van der Waals surface area contributed by atoms with Gasteiger partial charge in [-0.25, -0.2) is 0 Å². The predicted molar refractivity (Wildman–Crippen MR) is 50.3 cm³/mol. The number of benzene rings is 1. The minimum Gasteiger partial charge on any atom is -0.490 e. The summed E-state index contributed by atoms with van der Waals surface area (Å²) in [6.45, 7) is 0. The highest BCUT2D eigenvalue weighted by Gasteiger charge is 2.14. The van der Waals surface area contributed by atoms with Gasteiger partial charge in [-0.05, 0) is 6.07 Å². The number of anilines is 1. The molecule has 0 aliphatic heterocycles. The number of nitrogens with one attached hydrogen (secondary N) is 1. The van der Waals surface area contributed by atoms with Crippen molar-refractivity contribution in [3.8, 4) is 5.75 Å². The van der Waals surface area contributed by atoms with Crippen molar-refractivity contribution in [1.82, 2.24) is 0 Å². The molecule has 0 aromatic heterocycles. The quantitative estimate of drug-likeness (QED) is 0.587. The minimum atomic E-state index is -0.505. The second kappa shape index (κ2) is 4.43. The molecule has 1 N–H and O–H groups in total. The molecule has 6 heteroatoms. The number of methoxy groups -OCH3 is 1. The first-order valence-corrected chi connectivity index (χ1v) is 3.80. The SMILES string of the molecule is CONc1ccc([N+](=O)[O-])c(OC)c1. The Balaban J connectivity index is 3.05. The largest absolute Gasteiger partial charge is 0.490 e. The first kappa shape index (κ1) is 10.3. The van der Waals surface area contributed by atoms with Crippen LogP contribution in [-0.2, 0) is 4.84 Å². The van der Waals surface area contributed by atoms with Crippen molar-refractivity contribution in [2.75, 3.05) is 19.7 Å². The van der Waals surface area contributed by atoms with Gasteiger partial charge in [-0.15, -0.1) is 0 Å². The van der Waals surface area contributed by atoms with Crippen molar-refractivity contribution in [2.24, 2.45) is 0 Å². The molecule has 0 radical (unpaired) electrons. The molecular formula is C8H10N2O4. The van der Waals surface area contributed by atoms with Gasteiger partial charge in [0.2, 0.25) is 0 Å². The van der Waals surface area contributed by atoms with E-state index in [0.717, 1.165) is 0 Å². The maximum absolute atomic E-state index is 10.5. The number of ether oxygens (including phenoxy) is 1. The monoisotopic (exact) mass is 198 g/mol. The second-order valence-electron chi connectivity index (χ2n) is 2.45. The second-order valence-corrected chi connectivity index (χ2v) is 2.45. The Morgan fingerprint density at radius 1 is 1.43 bits per heavy atom. The molecule has 1 aromatic carbocycles. The molecule has 1 aromatic rings. The minimum absolute atomic E-state index is 0.0749. The number of nitrogens with zero attached hydrogens (tertiary/aromatic N) is 1. The van der Waals surface area contributed by atoms with E-state index in [-0.39, 0.29) is 11.4 Å².